The highest BCUT2D eigenvalue weighted by molar-refractivity contribution is 5.79. The van der Waals surface area contributed by atoms with Gasteiger partial charge in [-0.25, -0.2) is 0 Å². The zero-order valence-corrected chi connectivity index (χ0v) is 17.2. The van der Waals surface area contributed by atoms with Crippen LogP contribution in [0.2, 0.25) is 0 Å². The molecule has 0 radical (unpaired) electrons. The number of carbonyl (C=O) groups excluding carboxylic acids is 1. The maximum Gasteiger partial charge on any atom is 0.227 e. The van der Waals surface area contributed by atoms with Crippen LogP contribution >= 0.6 is 0 Å². The Hall–Kier alpha value is -3.35. The van der Waals surface area contributed by atoms with E-state index in [9.17, 15) is 4.79 Å². The van der Waals surface area contributed by atoms with Gasteiger partial charge in [0.05, 0.1) is 20.1 Å². The minimum Gasteiger partial charge on any atom is -0.497 e. The summed E-state index contributed by atoms with van der Waals surface area (Å²) in [7, 11) is 1.63. The lowest BCUT2D eigenvalue weighted by atomic mass is 10.1. The van der Waals surface area contributed by atoms with Crippen LogP contribution < -0.4 is 9.47 Å². The number of likely N-dealkylation sites (tertiary alicyclic amines) is 1. The van der Waals surface area contributed by atoms with Gasteiger partial charge in [0.1, 0.15) is 17.6 Å². The van der Waals surface area contributed by atoms with Crippen LogP contribution in [0.25, 0.3) is 11.4 Å². The quantitative estimate of drug-likeness (QED) is 0.596. The summed E-state index contributed by atoms with van der Waals surface area (Å²) in [4.78, 5) is 18.8. The highest BCUT2D eigenvalue weighted by atomic mass is 16.5. The van der Waals surface area contributed by atoms with Gasteiger partial charge in [0, 0.05) is 24.9 Å². The summed E-state index contributed by atoms with van der Waals surface area (Å²) in [6, 6.07) is 15.3. The minimum atomic E-state index is -0.0121. The highest BCUT2D eigenvalue weighted by Crippen LogP contribution is 2.23. The first-order valence-corrected chi connectivity index (χ1v) is 10.1. The molecule has 0 aliphatic carbocycles. The SMILES string of the molecule is CCc1nc(-c2ccc(OC3CCN(C(=O)Cc4cccc(OC)c4)C3)cc2)no1. The second kappa shape index (κ2) is 8.98. The Kier molecular flexibility index (Phi) is 5.97. The Labute approximate surface area is 175 Å². The number of aryl methyl sites for hydroxylation is 1. The molecule has 0 saturated carbocycles. The Balaban J connectivity index is 1.31. The predicted octanol–water partition coefficient (Wildman–Crippen LogP) is 3.53. The third-order valence-corrected chi connectivity index (χ3v) is 5.17. The van der Waals surface area contributed by atoms with Gasteiger partial charge in [-0.2, -0.15) is 4.98 Å². The molecule has 0 bridgehead atoms. The molecule has 1 fully saturated rings. The van der Waals surface area contributed by atoms with Crippen LogP contribution in [0.4, 0.5) is 0 Å². The average Bonchev–Trinajstić information content (AvgIpc) is 3.44. The Bertz CT molecular complexity index is 1000. The summed E-state index contributed by atoms with van der Waals surface area (Å²) in [5, 5.41) is 3.99. The van der Waals surface area contributed by atoms with E-state index >= 15 is 0 Å². The number of nitrogens with zero attached hydrogens (tertiary/aromatic N) is 3. The van der Waals surface area contributed by atoms with E-state index in [1.807, 2.05) is 60.4 Å². The number of carbonyl (C=O) groups is 1. The largest absolute Gasteiger partial charge is 0.497 e. The fourth-order valence-electron chi connectivity index (χ4n) is 3.51. The van der Waals surface area contributed by atoms with Crippen molar-refractivity contribution in [3.63, 3.8) is 0 Å². The van der Waals surface area contributed by atoms with Gasteiger partial charge in [-0.05, 0) is 42.0 Å². The van der Waals surface area contributed by atoms with E-state index < -0.39 is 0 Å². The van der Waals surface area contributed by atoms with Gasteiger partial charge in [0.15, 0.2) is 0 Å². The van der Waals surface area contributed by atoms with E-state index in [0.717, 1.165) is 29.0 Å². The van der Waals surface area contributed by atoms with Gasteiger partial charge in [-0.1, -0.05) is 24.2 Å². The molecule has 7 nitrogen and oxygen atoms in total. The van der Waals surface area contributed by atoms with Crippen LogP contribution in [0.15, 0.2) is 53.1 Å². The van der Waals surface area contributed by atoms with Crippen molar-refractivity contribution in [1.29, 1.82) is 0 Å². The third kappa shape index (κ3) is 4.62. The molecular weight excluding hydrogens is 382 g/mol. The fraction of sp³-hybridized carbons (Fsp3) is 0.348. The first kappa shape index (κ1) is 19.9. The molecule has 2 aromatic carbocycles. The van der Waals surface area contributed by atoms with Crippen molar-refractivity contribution in [3.8, 4) is 22.9 Å². The van der Waals surface area contributed by atoms with Crippen LogP contribution in [0.5, 0.6) is 11.5 Å². The van der Waals surface area contributed by atoms with Gasteiger partial charge < -0.3 is 18.9 Å². The number of amides is 1. The van der Waals surface area contributed by atoms with E-state index in [4.69, 9.17) is 14.0 Å². The molecule has 0 N–H and O–H groups in total. The molecule has 2 heterocycles. The van der Waals surface area contributed by atoms with E-state index in [-0.39, 0.29) is 12.0 Å². The van der Waals surface area contributed by atoms with Crippen LogP contribution in [0.1, 0.15) is 24.8 Å². The lowest BCUT2D eigenvalue weighted by Crippen LogP contribution is -2.32. The normalized spacial score (nSPS) is 15.9. The van der Waals surface area contributed by atoms with Crippen molar-refractivity contribution < 1.29 is 18.8 Å². The molecule has 1 aliphatic rings. The van der Waals surface area contributed by atoms with Gasteiger partial charge in [-0.15, -0.1) is 0 Å². The van der Waals surface area contributed by atoms with E-state index in [2.05, 4.69) is 10.1 Å². The van der Waals surface area contributed by atoms with Gasteiger partial charge in [0.2, 0.25) is 17.6 Å². The molecule has 30 heavy (non-hydrogen) atoms. The Morgan fingerprint density at radius 1 is 1.20 bits per heavy atom. The molecule has 4 rings (SSSR count). The molecule has 1 aromatic heterocycles. The van der Waals surface area contributed by atoms with Crippen molar-refractivity contribution in [2.45, 2.75) is 32.3 Å². The maximum absolute atomic E-state index is 12.6. The maximum atomic E-state index is 12.6. The molecule has 1 saturated heterocycles. The number of benzene rings is 2. The average molecular weight is 407 g/mol. The topological polar surface area (TPSA) is 77.7 Å². The zero-order valence-electron chi connectivity index (χ0n) is 17.2. The van der Waals surface area contributed by atoms with E-state index in [1.54, 1.807) is 7.11 Å². The molecule has 3 aromatic rings. The minimum absolute atomic E-state index is 0.0121. The monoisotopic (exact) mass is 407 g/mol. The lowest BCUT2D eigenvalue weighted by Gasteiger charge is -2.17. The number of rotatable bonds is 7. The van der Waals surface area contributed by atoms with Crippen LogP contribution in [-0.2, 0) is 17.6 Å². The predicted molar refractivity (Wildman–Crippen MR) is 111 cm³/mol. The first-order chi connectivity index (χ1) is 14.6. The van der Waals surface area contributed by atoms with Crippen LogP contribution in [0.3, 0.4) is 0 Å². The van der Waals surface area contributed by atoms with Crippen molar-refractivity contribution in [2.75, 3.05) is 20.2 Å². The number of hydrogen-bond acceptors (Lipinski definition) is 6. The second-order valence-electron chi connectivity index (χ2n) is 7.29. The molecule has 156 valence electrons. The van der Waals surface area contributed by atoms with Crippen molar-refractivity contribution in [3.05, 3.63) is 60.0 Å². The van der Waals surface area contributed by atoms with Crippen molar-refractivity contribution in [2.24, 2.45) is 0 Å². The third-order valence-electron chi connectivity index (χ3n) is 5.17. The summed E-state index contributed by atoms with van der Waals surface area (Å²) in [6.07, 6.45) is 1.88. The molecule has 1 amide bonds. The number of methoxy groups -OCH3 is 1. The summed E-state index contributed by atoms with van der Waals surface area (Å²) < 4.78 is 16.5. The smallest absolute Gasteiger partial charge is 0.227 e. The number of hydrogen-bond donors (Lipinski definition) is 0. The molecule has 1 aliphatic heterocycles. The highest BCUT2D eigenvalue weighted by Gasteiger charge is 2.27. The lowest BCUT2D eigenvalue weighted by molar-refractivity contribution is -0.129. The zero-order chi connectivity index (χ0) is 20.9. The van der Waals surface area contributed by atoms with Crippen LogP contribution in [-0.4, -0.2) is 47.3 Å². The summed E-state index contributed by atoms with van der Waals surface area (Å²) in [5.41, 5.74) is 1.83. The van der Waals surface area contributed by atoms with E-state index in [0.29, 0.717) is 37.6 Å². The van der Waals surface area contributed by atoms with Crippen molar-refractivity contribution >= 4 is 5.91 Å². The standard InChI is InChI=1S/C23H25N3O4/c1-3-21-24-23(25-30-21)17-7-9-18(10-8-17)29-20-11-12-26(15-20)22(27)14-16-5-4-6-19(13-16)28-2/h4-10,13,20H,3,11-12,14-15H2,1-2H3. The summed E-state index contributed by atoms with van der Waals surface area (Å²) in [5.74, 6) is 2.83. The number of aromatic nitrogens is 2. The molecule has 7 heteroatoms. The Morgan fingerprint density at radius 3 is 2.77 bits per heavy atom. The van der Waals surface area contributed by atoms with Crippen molar-refractivity contribution in [1.82, 2.24) is 15.0 Å². The van der Waals surface area contributed by atoms with Gasteiger partial charge >= 0.3 is 0 Å². The number of ether oxygens (including phenoxy) is 2. The second-order valence-corrected chi connectivity index (χ2v) is 7.29. The first-order valence-electron chi connectivity index (χ1n) is 10.1. The summed E-state index contributed by atoms with van der Waals surface area (Å²) in [6.45, 7) is 3.27. The van der Waals surface area contributed by atoms with Gasteiger partial charge in [0.25, 0.3) is 0 Å². The van der Waals surface area contributed by atoms with Gasteiger partial charge in [-0.3, -0.25) is 4.79 Å². The Morgan fingerprint density at radius 2 is 2.03 bits per heavy atom. The van der Waals surface area contributed by atoms with Crippen LogP contribution in [0, 0.1) is 0 Å². The molecule has 0 spiro atoms. The molecule has 1 unspecified atom stereocenters. The molecule has 1 atom stereocenters. The summed E-state index contributed by atoms with van der Waals surface area (Å²) >= 11 is 0. The molecular formula is C23H25N3O4. The fourth-order valence-corrected chi connectivity index (χ4v) is 3.51. The van der Waals surface area contributed by atoms with E-state index in [1.165, 1.54) is 0 Å².